The molecule has 1 aromatic carbocycles. The van der Waals surface area contributed by atoms with E-state index in [1.807, 2.05) is 31.3 Å². The van der Waals surface area contributed by atoms with E-state index in [-0.39, 0.29) is 11.1 Å². The number of anilines is 1. The summed E-state index contributed by atoms with van der Waals surface area (Å²) in [5.41, 5.74) is 2.76. The lowest BCUT2D eigenvalue weighted by molar-refractivity contribution is 0.102. The Morgan fingerprint density at radius 2 is 2.05 bits per heavy atom. The van der Waals surface area contributed by atoms with Gasteiger partial charge in [-0.15, -0.1) is 0 Å². The van der Waals surface area contributed by atoms with Gasteiger partial charge < -0.3 is 10.3 Å². The van der Waals surface area contributed by atoms with Crippen LogP contribution in [0.1, 0.15) is 15.9 Å². The lowest BCUT2D eigenvalue weighted by atomic mass is 10.1. The number of carbonyl (C=O) groups excluding carboxylic acids is 1. The number of aromatic amines is 1. The summed E-state index contributed by atoms with van der Waals surface area (Å²) in [6.07, 6.45) is 1.83. The average Bonchev–Trinajstić information content (AvgIpc) is 2.89. The Bertz CT molecular complexity index is 819. The van der Waals surface area contributed by atoms with E-state index in [1.54, 1.807) is 12.1 Å². The first kappa shape index (κ1) is 13.9. The smallest absolute Gasteiger partial charge is 0.255 e. The number of nitrogens with one attached hydrogen (secondary N) is 2. The van der Waals surface area contributed by atoms with Gasteiger partial charge in [-0.1, -0.05) is 23.2 Å². The summed E-state index contributed by atoms with van der Waals surface area (Å²) in [6, 6.07) is 8.99. The number of carbonyl (C=O) groups is 1. The molecule has 0 aliphatic carbocycles. The van der Waals surface area contributed by atoms with Crippen LogP contribution in [0.2, 0.25) is 10.3 Å². The second-order valence-electron chi connectivity index (χ2n) is 4.66. The number of halogens is 2. The highest BCUT2D eigenvalue weighted by atomic mass is 35.5. The standard InChI is InChI=1S/C15H11Cl2N3O/c1-8-6-12(16)19-14(17)13(8)20-15(21)10-2-3-11-9(7-10)4-5-18-11/h2-7,18H,1H3,(H,20,21). The summed E-state index contributed by atoms with van der Waals surface area (Å²) >= 11 is 11.8. The number of aryl methyl sites for hydroxylation is 1. The molecule has 0 saturated carbocycles. The summed E-state index contributed by atoms with van der Waals surface area (Å²) in [6.45, 7) is 1.81. The zero-order chi connectivity index (χ0) is 15.0. The molecule has 106 valence electrons. The summed E-state index contributed by atoms with van der Waals surface area (Å²) in [5, 5.41) is 4.22. The van der Waals surface area contributed by atoms with Crippen LogP contribution in [0, 0.1) is 6.92 Å². The summed E-state index contributed by atoms with van der Waals surface area (Å²) in [5.74, 6) is -0.243. The molecular formula is C15H11Cl2N3O. The molecule has 3 rings (SSSR count). The fourth-order valence-electron chi connectivity index (χ4n) is 2.13. The minimum atomic E-state index is -0.243. The molecule has 0 saturated heterocycles. The highest BCUT2D eigenvalue weighted by Gasteiger charge is 2.13. The molecule has 4 nitrogen and oxygen atoms in total. The van der Waals surface area contributed by atoms with E-state index in [0.717, 1.165) is 16.5 Å². The summed E-state index contributed by atoms with van der Waals surface area (Å²) in [7, 11) is 0. The molecule has 0 aliphatic rings. The Morgan fingerprint density at radius 3 is 2.81 bits per heavy atom. The van der Waals surface area contributed by atoms with Gasteiger partial charge in [0.25, 0.3) is 5.91 Å². The van der Waals surface area contributed by atoms with Gasteiger partial charge in [0.15, 0.2) is 5.15 Å². The highest BCUT2D eigenvalue weighted by molar-refractivity contribution is 6.35. The molecular weight excluding hydrogens is 309 g/mol. The van der Waals surface area contributed by atoms with Gasteiger partial charge in [0, 0.05) is 22.7 Å². The Morgan fingerprint density at radius 1 is 1.24 bits per heavy atom. The lowest BCUT2D eigenvalue weighted by Gasteiger charge is -2.10. The zero-order valence-electron chi connectivity index (χ0n) is 11.1. The number of rotatable bonds is 2. The number of fused-ring (bicyclic) bond motifs is 1. The van der Waals surface area contributed by atoms with Crippen molar-refractivity contribution >= 4 is 45.7 Å². The van der Waals surface area contributed by atoms with Gasteiger partial charge in [0.1, 0.15) is 5.15 Å². The van der Waals surface area contributed by atoms with Crippen molar-refractivity contribution in [3.8, 4) is 0 Å². The molecule has 0 atom stereocenters. The monoisotopic (exact) mass is 319 g/mol. The molecule has 2 aromatic heterocycles. The van der Waals surface area contributed by atoms with Crippen molar-refractivity contribution in [2.45, 2.75) is 6.92 Å². The first-order valence-electron chi connectivity index (χ1n) is 6.26. The van der Waals surface area contributed by atoms with Crippen molar-refractivity contribution in [3.05, 3.63) is 58.0 Å². The topological polar surface area (TPSA) is 57.8 Å². The normalized spacial score (nSPS) is 10.8. The predicted octanol–water partition coefficient (Wildman–Crippen LogP) is 4.43. The van der Waals surface area contributed by atoms with Gasteiger partial charge in [-0.2, -0.15) is 0 Å². The number of benzene rings is 1. The third-order valence-corrected chi connectivity index (χ3v) is 3.66. The quantitative estimate of drug-likeness (QED) is 0.686. The van der Waals surface area contributed by atoms with Crippen LogP contribution in [-0.2, 0) is 0 Å². The Kier molecular flexibility index (Phi) is 3.57. The van der Waals surface area contributed by atoms with Gasteiger partial charge in [-0.05, 0) is 42.8 Å². The SMILES string of the molecule is Cc1cc(Cl)nc(Cl)c1NC(=O)c1ccc2[nH]ccc2c1. The fraction of sp³-hybridized carbons (Fsp3) is 0.0667. The average molecular weight is 320 g/mol. The van der Waals surface area contributed by atoms with Gasteiger partial charge in [-0.3, -0.25) is 4.79 Å². The third kappa shape index (κ3) is 2.73. The van der Waals surface area contributed by atoms with Crippen molar-refractivity contribution in [1.29, 1.82) is 0 Å². The van der Waals surface area contributed by atoms with Crippen LogP contribution in [0.4, 0.5) is 5.69 Å². The molecule has 6 heteroatoms. The maximum atomic E-state index is 12.3. The summed E-state index contributed by atoms with van der Waals surface area (Å²) < 4.78 is 0. The van der Waals surface area contributed by atoms with E-state index in [0.29, 0.717) is 16.4 Å². The van der Waals surface area contributed by atoms with Crippen LogP contribution in [0.25, 0.3) is 10.9 Å². The Balaban J connectivity index is 1.92. The number of pyridine rings is 1. The molecule has 0 spiro atoms. The van der Waals surface area contributed by atoms with E-state index in [4.69, 9.17) is 23.2 Å². The largest absolute Gasteiger partial charge is 0.361 e. The van der Waals surface area contributed by atoms with Crippen molar-refractivity contribution in [2.24, 2.45) is 0 Å². The molecule has 0 fully saturated rings. The molecule has 21 heavy (non-hydrogen) atoms. The van der Waals surface area contributed by atoms with E-state index < -0.39 is 0 Å². The molecule has 3 aromatic rings. The lowest BCUT2D eigenvalue weighted by Crippen LogP contribution is -2.13. The van der Waals surface area contributed by atoms with Crippen molar-refractivity contribution in [2.75, 3.05) is 5.32 Å². The molecule has 0 aliphatic heterocycles. The number of amides is 1. The Labute approximate surface area is 131 Å². The maximum Gasteiger partial charge on any atom is 0.255 e. The number of nitrogens with zero attached hydrogens (tertiary/aromatic N) is 1. The molecule has 1 amide bonds. The first-order chi connectivity index (χ1) is 10.0. The minimum absolute atomic E-state index is 0.177. The number of hydrogen-bond donors (Lipinski definition) is 2. The van der Waals surface area contributed by atoms with Crippen molar-refractivity contribution < 1.29 is 4.79 Å². The van der Waals surface area contributed by atoms with Gasteiger partial charge in [-0.25, -0.2) is 4.98 Å². The van der Waals surface area contributed by atoms with Gasteiger partial charge >= 0.3 is 0 Å². The molecule has 2 N–H and O–H groups in total. The van der Waals surface area contributed by atoms with Gasteiger partial charge in [0.2, 0.25) is 0 Å². The Hall–Kier alpha value is -2.04. The van der Waals surface area contributed by atoms with Crippen LogP contribution >= 0.6 is 23.2 Å². The summed E-state index contributed by atoms with van der Waals surface area (Å²) in [4.78, 5) is 19.3. The van der Waals surface area contributed by atoms with E-state index in [2.05, 4.69) is 15.3 Å². The van der Waals surface area contributed by atoms with Crippen LogP contribution in [0.15, 0.2) is 36.5 Å². The minimum Gasteiger partial charge on any atom is -0.361 e. The molecule has 0 radical (unpaired) electrons. The van der Waals surface area contributed by atoms with E-state index >= 15 is 0 Å². The van der Waals surface area contributed by atoms with Crippen LogP contribution in [0.5, 0.6) is 0 Å². The van der Waals surface area contributed by atoms with Crippen LogP contribution in [-0.4, -0.2) is 15.9 Å². The third-order valence-electron chi connectivity index (χ3n) is 3.20. The highest BCUT2D eigenvalue weighted by Crippen LogP contribution is 2.27. The van der Waals surface area contributed by atoms with Crippen LogP contribution in [0.3, 0.4) is 0 Å². The first-order valence-corrected chi connectivity index (χ1v) is 7.01. The second-order valence-corrected chi connectivity index (χ2v) is 5.41. The van der Waals surface area contributed by atoms with Gasteiger partial charge in [0.05, 0.1) is 5.69 Å². The fourth-order valence-corrected chi connectivity index (χ4v) is 2.70. The second kappa shape index (κ2) is 5.39. The molecule has 0 unspecified atom stereocenters. The van der Waals surface area contributed by atoms with Crippen LogP contribution < -0.4 is 5.32 Å². The number of hydrogen-bond acceptors (Lipinski definition) is 2. The maximum absolute atomic E-state index is 12.3. The molecule has 2 heterocycles. The predicted molar refractivity (Wildman–Crippen MR) is 85.2 cm³/mol. The zero-order valence-corrected chi connectivity index (χ0v) is 12.6. The molecule has 0 bridgehead atoms. The number of H-pyrrole nitrogens is 1. The number of aromatic nitrogens is 2. The van der Waals surface area contributed by atoms with E-state index in [9.17, 15) is 4.79 Å². The van der Waals surface area contributed by atoms with Crippen molar-refractivity contribution in [1.82, 2.24) is 9.97 Å². The van der Waals surface area contributed by atoms with E-state index in [1.165, 1.54) is 0 Å². The van der Waals surface area contributed by atoms with Crippen molar-refractivity contribution in [3.63, 3.8) is 0 Å².